The Morgan fingerprint density at radius 2 is 1.76 bits per heavy atom. The zero-order chi connectivity index (χ0) is 26.8. The van der Waals surface area contributed by atoms with Crippen molar-refractivity contribution in [2.75, 3.05) is 27.4 Å². The molecular formula is C29H28ClN3O5. The first-order valence-corrected chi connectivity index (χ1v) is 12.6. The van der Waals surface area contributed by atoms with Gasteiger partial charge in [0.1, 0.15) is 5.69 Å². The van der Waals surface area contributed by atoms with Crippen LogP contribution in [0.15, 0.2) is 60.7 Å². The number of amides is 1. The van der Waals surface area contributed by atoms with E-state index in [0.717, 1.165) is 22.3 Å². The predicted octanol–water partition coefficient (Wildman–Crippen LogP) is 5.64. The van der Waals surface area contributed by atoms with Gasteiger partial charge in [-0.15, -0.1) is 0 Å². The normalized spacial score (nSPS) is 14.5. The summed E-state index contributed by atoms with van der Waals surface area (Å²) >= 11 is 6.12. The number of fused-ring (bicyclic) bond motifs is 1. The van der Waals surface area contributed by atoms with E-state index in [4.69, 9.17) is 25.8 Å². The summed E-state index contributed by atoms with van der Waals surface area (Å²) in [6, 6.07) is 17.9. The maximum atomic E-state index is 13.7. The Bertz CT molecular complexity index is 1470. The van der Waals surface area contributed by atoms with Crippen molar-refractivity contribution in [3.63, 3.8) is 0 Å². The van der Waals surface area contributed by atoms with Crippen molar-refractivity contribution >= 4 is 17.5 Å². The van der Waals surface area contributed by atoms with Crippen molar-refractivity contribution in [1.82, 2.24) is 15.1 Å². The zero-order valence-electron chi connectivity index (χ0n) is 21.3. The standard InChI is InChI=1S/C29H28ClN3O5/c1-4-38-23-16-19(8-11-21(23)34)28-25-26(18-6-9-20(30)10-7-18)31-32-27(25)29(35)33(28)14-13-17-5-12-22(36-2)24(15-17)37-3/h5-12,15-16,28,34H,4,13-14H2,1-3H3,(H,31,32). The number of phenols is 1. The lowest BCUT2D eigenvalue weighted by molar-refractivity contribution is 0.0745. The van der Waals surface area contributed by atoms with Crippen LogP contribution in [0.2, 0.25) is 5.02 Å². The maximum absolute atomic E-state index is 13.7. The Hall–Kier alpha value is -4.17. The van der Waals surface area contributed by atoms with Crippen LogP contribution >= 0.6 is 11.6 Å². The number of phenolic OH excluding ortho intramolecular Hbond substituents is 1. The first kappa shape index (κ1) is 25.5. The SMILES string of the molecule is CCOc1cc(C2c3c(-c4ccc(Cl)cc4)n[nH]c3C(=O)N2CCc2ccc(OC)c(OC)c2)ccc1O. The van der Waals surface area contributed by atoms with Gasteiger partial charge in [0.05, 0.1) is 32.6 Å². The summed E-state index contributed by atoms with van der Waals surface area (Å²) in [5.74, 6) is 1.54. The fraction of sp³-hybridized carbons (Fsp3) is 0.241. The van der Waals surface area contributed by atoms with Gasteiger partial charge in [-0.05, 0) is 60.9 Å². The summed E-state index contributed by atoms with van der Waals surface area (Å²) in [4.78, 5) is 15.5. The van der Waals surface area contributed by atoms with Gasteiger partial charge in [0.25, 0.3) is 5.91 Å². The van der Waals surface area contributed by atoms with Crippen LogP contribution in [0.1, 0.15) is 40.1 Å². The molecule has 4 aromatic rings. The van der Waals surface area contributed by atoms with Gasteiger partial charge >= 0.3 is 0 Å². The topological polar surface area (TPSA) is 96.9 Å². The Balaban J connectivity index is 1.56. The van der Waals surface area contributed by atoms with Crippen LogP contribution in [0.5, 0.6) is 23.0 Å². The summed E-state index contributed by atoms with van der Waals surface area (Å²) < 4.78 is 16.5. The van der Waals surface area contributed by atoms with Crippen molar-refractivity contribution in [3.05, 3.63) is 88.1 Å². The minimum atomic E-state index is -0.443. The van der Waals surface area contributed by atoms with Gasteiger partial charge < -0.3 is 24.2 Å². The molecule has 38 heavy (non-hydrogen) atoms. The van der Waals surface area contributed by atoms with Gasteiger partial charge in [0, 0.05) is 22.7 Å². The largest absolute Gasteiger partial charge is 0.504 e. The highest BCUT2D eigenvalue weighted by Crippen LogP contribution is 2.44. The molecule has 9 heteroatoms. The van der Waals surface area contributed by atoms with E-state index in [1.54, 1.807) is 38.5 Å². The summed E-state index contributed by atoms with van der Waals surface area (Å²) in [6.07, 6.45) is 0.590. The average molecular weight is 534 g/mol. The number of hydrogen-bond donors (Lipinski definition) is 2. The van der Waals surface area contributed by atoms with Crippen LogP contribution in [0.25, 0.3) is 11.3 Å². The molecule has 0 saturated carbocycles. The molecule has 1 atom stereocenters. The van der Waals surface area contributed by atoms with E-state index in [9.17, 15) is 9.90 Å². The number of aromatic nitrogens is 2. The Morgan fingerprint density at radius 3 is 2.47 bits per heavy atom. The van der Waals surface area contributed by atoms with Crippen molar-refractivity contribution in [1.29, 1.82) is 0 Å². The van der Waals surface area contributed by atoms with E-state index in [1.807, 2.05) is 48.2 Å². The number of carbonyl (C=O) groups is 1. The number of nitrogens with zero attached hydrogens (tertiary/aromatic N) is 2. The molecular weight excluding hydrogens is 506 g/mol. The second-order valence-corrected chi connectivity index (χ2v) is 9.30. The van der Waals surface area contributed by atoms with Crippen LogP contribution < -0.4 is 14.2 Å². The smallest absolute Gasteiger partial charge is 0.273 e. The molecule has 2 heterocycles. The fourth-order valence-electron chi connectivity index (χ4n) is 4.86. The molecule has 1 aromatic heterocycles. The Labute approximate surface area is 225 Å². The van der Waals surface area contributed by atoms with Crippen LogP contribution in [0.3, 0.4) is 0 Å². The van der Waals surface area contributed by atoms with Crippen LogP contribution in [0.4, 0.5) is 0 Å². The summed E-state index contributed by atoms with van der Waals surface area (Å²) in [5.41, 5.74) is 4.55. The molecule has 2 N–H and O–H groups in total. The monoisotopic (exact) mass is 533 g/mol. The Morgan fingerprint density at radius 1 is 1.00 bits per heavy atom. The number of hydrogen-bond acceptors (Lipinski definition) is 6. The number of H-pyrrole nitrogens is 1. The van der Waals surface area contributed by atoms with Crippen molar-refractivity contribution < 1.29 is 24.1 Å². The zero-order valence-corrected chi connectivity index (χ0v) is 22.1. The first-order valence-electron chi connectivity index (χ1n) is 12.3. The van der Waals surface area contributed by atoms with E-state index in [2.05, 4.69) is 10.2 Å². The molecule has 1 amide bonds. The van der Waals surface area contributed by atoms with Gasteiger partial charge in [-0.1, -0.05) is 35.9 Å². The van der Waals surface area contributed by atoms with Gasteiger partial charge in [-0.3, -0.25) is 9.89 Å². The van der Waals surface area contributed by atoms with Gasteiger partial charge in [-0.2, -0.15) is 5.10 Å². The molecule has 0 aliphatic carbocycles. The molecule has 1 aliphatic rings. The lowest BCUT2D eigenvalue weighted by atomic mass is 9.95. The minimum Gasteiger partial charge on any atom is -0.504 e. The van der Waals surface area contributed by atoms with E-state index < -0.39 is 6.04 Å². The summed E-state index contributed by atoms with van der Waals surface area (Å²) in [5, 5.41) is 18.4. The van der Waals surface area contributed by atoms with Crippen molar-refractivity contribution in [2.45, 2.75) is 19.4 Å². The predicted molar refractivity (Wildman–Crippen MR) is 144 cm³/mol. The molecule has 196 valence electrons. The number of aromatic amines is 1. The third-order valence-electron chi connectivity index (χ3n) is 6.67. The Kier molecular flexibility index (Phi) is 7.15. The molecule has 5 rings (SSSR count). The minimum absolute atomic E-state index is 0.0437. The third-order valence-corrected chi connectivity index (χ3v) is 6.92. The number of aromatic hydroxyl groups is 1. The van der Waals surface area contributed by atoms with E-state index >= 15 is 0 Å². The number of nitrogens with one attached hydrogen (secondary N) is 1. The molecule has 8 nitrogen and oxygen atoms in total. The summed E-state index contributed by atoms with van der Waals surface area (Å²) in [7, 11) is 3.19. The maximum Gasteiger partial charge on any atom is 0.273 e. The second-order valence-electron chi connectivity index (χ2n) is 8.87. The van der Waals surface area contributed by atoms with Gasteiger partial charge in [-0.25, -0.2) is 0 Å². The molecule has 0 saturated heterocycles. The highest BCUT2D eigenvalue weighted by atomic mass is 35.5. The van der Waals surface area contributed by atoms with Crippen molar-refractivity contribution in [3.8, 4) is 34.3 Å². The van der Waals surface area contributed by atoms with Crippen LogP contribution in [-0.2, 0) is 6.42 Å². The van der Waals surface area contributed by atoms with Gasteiger partial charge in [0.2, 0.25) is 0 Å². The average Bonchev–Trinajstić information content (AvgIpc) is 3.48. The number of carbonyl (C=O) groups excluding carboxylic acids is 1. The number of rotatable bonds is 9. The highest BCUT2D eigenvalue weighted by Gasteiger charge is 2.42. The molecule has 3 aromatic carbocycles. The number of methoxy groups -OCH3 is 2. The number of halogens is 1. The molecule has 0 bridgehead atoms. The van der Waals surface area contributed by atoms with E-state index in [1.165, 1.54) is 0 Å². The van der Waals surface area contributed by atoms with Crippen molar-refractivity contribution in [2.24, 2.45) is 0 Å². The highest BCUT2D eigenvalue weighted by molar-refractivity contribution is 6.30. The first-order chi connectivity index (χ1) is 18.4. The lowest BCUT2D eigenvalue weighted by Crippen LogP contribution is -2.31. The van der Waals surface area contributed by atoms with E-state index in [-0.39, 0.29) is 11.7 Å². The molecule has 0 fully saturated rings. The van der Waals surface area contributed by atoms with Crippen LogP contribution in [0, 0.1) is 0 Å². The fourth-order valence-corrected chi connectivity index (χ4v) is 4.99. The third kappa shape index (κ3) is 4.63. The molecule has 0 radical (unpaired) electrons. The molecule has 1 unspecified atom stereocenters. The lowest BCUT2D eigenvalue weighted by Gasteiger charge is -2.27. The van der Waals surface area contributed by atoms with Crippen LogP contribution in [-0.4, -0.2) is 53.5 Å². The molecule has 0 spiro atoms. The van der Waals surface area contributed by atoms with E-state index in [0.29, 0.717) is 53.2 Å². The number of benzene rings is 3. The van der Waals surface area contributed by atoms with Gasteiger partial charge in [0.15, 0.2) is 23.0 Å². The number of ether oxygens (including phenoxy) is 3. The molecule has 1 aliphatic heterocycles. The second kappa shape index (κ2) is 10.7. The quantitative estimate of drug-likeness (QED) is 0.289. The summed E-state index contributed by atoms with van der Waals surface area (Å²) in [6.45, 7) is 2.69.